The van der Waals surface area contributed by atoms with Crippen molar-refractivity contribution in [3.05, 3.63) is 12.2 Å². The largest absolute Gasteiger partial charge is 0.349 e. The van der Waals surface area contributed by atoms with E-state index in [1.807, 2.05) is 11.6 Å². The monoisotopic (exact) mass is 392 g/mol. The molecule has 1 fully saturated rings. The Morgan fingerprint density at radius 1 is 1.45 bits per heavy atom. The topological polar surface area (TPSA) is 58.3 Å². The molecule has 0 atom stereocenters. The molecular weight excluding hydrogens is 367 g/mol. The van der Waals surface area contributed by atoms with Gasteiger partial charge in [0, 0.05) is 26.7 Å². The molecule has 1 aromatic rings. The number of nitrogens with zero attached hydrogens (tertiary/aromatic N) is 5. The molecule has 1 N–H and O–H groups in total. The van der Waals surface area contributed by atoms with E-state index in [1.54, 1.807) is 6.33 Å². The third-order valence-corrected chi connectivity index (χ3v) is 3.74. The molecule has 1 aliphatic heterocycles. The molecule has 0 spiro atoms. The van der Waals surface area contributed by atoms with Crippen LogP contribution in [0.2, 0.25) is 0 Å². The molecule has 0 aliphatic carbocycles. The lowest BCUT2D eigenvalue weighted by atomic mass is 10.00. The number of hydrogen-bond acceptors (Lipinski definition) is 3. The Hall–Kier alpha value is -0.860. The maximum absolute atomic E-state index is 4.37. The van der Waals surface area contributed by atoms with Crippen LogP contribution in [0, 0.1) is 5.92 Å². The first-order chi connectivity index (χ1) is 9.24. The van der Waals surface area contributed by atoms with Crippen molar-refractivity contribution in [2.45, 2.75) is 39.8 Å². The van der Waals surface area contributed by atoms with Crippen molar-refractivity contribution in [2.75, 3.05) is 20.1 Å². The number of aliphatic imine (C=N–C) groups is 1. The van der Waals surface area contributed by atoms with Crippen LogP contribution < -0.4 is 5.32 Å². The van der Waals surface area contributed by atoms with Crippen LogP contribution in [-0.4, -0.2) is 45.8 Å². The van der Waals surface area contributed by atoms with Crippen LogP contribution in [0.25, 0.3) is 0 Å². The summed E-state index contributed by atoms with van der Waals surface area (Å²) < 4.78 is 2.04. The quantitative estimate of drug-likeness (QED) is 0.484. The first-order valence-corrected chi connectivity index (χ1v) is 7.06. The van der Waals surface area contributed by atoms with E-state index in [2.05, 4.69) is 39.3 Å². The molecule has 1 saturated heterocycles. The lowest BCUT2D eigenvalue weighted by Gasteiger charge is -2.32. The van der Waals surface area contributed by atoms with Gasteiger partial charge in [-0.05, 0) is 25.7 Å². The highest BCUT2D eigenvalue weighted by molar-refractivity contribution is 14.0. The first kappa shape index (κ1) is 17.2. The van der Waals surface area contributed by atoms with Crippen LogP contribution in [-0.2, 0) is 13.1 Å². The summed E-state index contributed by atoms with van der Waals surface area (Å²) in [7, 11) is 1.84. The molecule has 0 amide bonds. The molecule has 0 saturated carbocycles. The molecule has 6 nitrogen and oxygen atoms in total. The van der Waals surface area contributed by atoms with Gasteiger partial charge in [0.1, 0.15) is 6.33 Å². The van der Waals surface area contributed by atoms with E-state index in [1.165, 1.54) is 12.8 Å². The summed E-state index contributed by atoms with van der Waals surface area (Å²) >= 11 is 0. The lowest BCUT2D eigenvalue weighted by molar-refractivity contribution is 0.273. The Kier molecular flexibility index (Phi) is 7.25. The third-order valence-electron chi connectivity index (χ3n) is 3.74. The molecule has 0 radical (unpaired) electrons. The number of piperidine rings is 1. The molecule has 2 heterocycles. The predicted molar refractivity (Wildman–Crippen MR) is 91.3 cm³/mol. The number of hydrogen-bond donors (Lipinski definition) is 1. The molecule has 0 bridgehead atoms. The average Bonchev–Trinajstić information content (AvgIpc) is 2.89. The Morgan fingerprint density at radius 2 is 2.15 bits per heavy atom. The second-order valence-electron chi connectivity index (χ2n) is 5.10. The Morgan fingerprint density at radius 3 is 2.75 bits per heavy atom. The van der Waals surface area contributed by atoms with Crippen molar-refractivity contribution in [2.24, 2.45) is 10.9 Å². The number of aromatic nitrogens is 3. The fourth-order valence-corrected chi connectivity index (χ4v) is 2.39. The summed E-state index contributed by atoms with van der Waals surface area (Å²) in [5, 5.41) is 11.4. The lowest BCUT2D eigenvalue weighted by Crippen LogP contribution is -2.45. The van der Waals surface area contributed by atoms with E-state index in [0.29, 0.717) is 6.54 Å². The number of halogens is 1. The molecule has 114 valence electrons. The second kappa shape index (κ2) is 8.43. The van der Waals surface area contributed by atoms with E-state index in [4.69, 9.17) is 0 Å². The zero-order valence-corrected chi connectivity index (χ0v) is 14.9. The standard InChI is InChI=1S/C13H24N6.HI/c1-4-18-10-16-17-12(18)9-15-13(14-3)19-7-5-11(2)6-8-19;/h10-11H,4-9H2,1-3H3,(H,14,15);1H. The highest BCUT2D eigenvalue weighted by atomic mass is 127. The highest BCUT2D eigenvalue weighted by Gasteiger charge is 2.18. The van der Waals surface area contributed by atoms with Gasteiger partial charge in [-0.1, -0.05) is 6.92 Å². The summed E-state index contributed by atoms with van der Waals surface area (Å²) in [4.78, 5) is 6.69. The fourth-order valence-electron chi connectivity index (χ4n) is 2.39. The van der Waals surface area contributed by atoms with E-state index in [9.17, 15) is 0 Å². The van der Waals surface area contributed by atoms with Gasteiger partial charge in [-0.25, -0.2) is 0 Å². The van der Waals surface area contributed by atoms with Crippen LogP contribution in [0.1, 0.15) is 32.5 Å². The summed E-state index contributed by atoms with van der Waals surface area (Å²) in [5.41, 5.74) is 0. The van der Waals surface area contributed by atoms with Gasteiger partial charge in [0.25, 0.3) is 0 Å². The fraction of sp³-hybridized carbons (Fsp3) is 0.769. The van der Waals surface area contributed by atoms with Crippen molar-refractivity contribution < 1.29 is 0 Å². The molecule has 0 unspecified atom stereocenters. The van der Waals surface area contributed by atoms with Crippen LogP contribution in [0.4, 0.5) is 0 Å². The molecule has 20 heavy (non-hydrogen) atoms. The first-order valence-electron chi connectivity index (χ1n) is 7.06. The zero-order valence-electron chi connectivity index (χ0n) is 12.5. The average molecular weight is 392 g/mol. The van der Waals surface area contributed by atoms with Crippen molar-refractivity contribution in [1.29, 1.82) is 0 Å². The van der Waals surface area contributed by atoms with Gasteiger partial charge in [-0.15, -0.1) is 34.2 Å². The Balaban J connectivity index is 0.00000200. The zero-order chi connectivity index (χ0) is 13.7. The van der Waals surface area contributed by atoms with Crippen molar-refractivity contribution in [1.82, 2.24) is 25.0 Å². The molecule has 7 heteroatoms. The molecule has 1 aromatic heterocycles. The predicted octanol–water partition coefficient (Wildman–Crippen LogP) is 1.72. The minimum atomic E-state index is 0. The number of rotatable bonds is 3. The van der Waals surface area contributed by atoms with Gasteiger partial charge in [-0.2, -0.15) is 0 Å². The van der Waals surface area contributed by atoms with Crippen molar-refractivity contribution in [3.63, 3.8) is 0 Å². The summed E-state index contributed by atoms with van der Waals surface area (Å²) in [5.74, 6) is 2.75. The summed E-state index contributed by atoms with van der Waals surface area (Å²) in [6, 6.07) is 0. The van der Waals surface area contributed by atoms with Gasteiger partial charge >= 0.3 is 0 Å². The molecule has 2 rings (SSSR count). The second-order valence-corrected chi connectivity index (χ2v) is 5.10. The van der Waals surface area contributed by atoms with E-state index in [-0.39, 0.29) is 24.0 Å². The maximum atomic E-state index is 4.37. The van der Waals surface area contributed by atoms with Crippen LogP contribution in [0.15, 0.2) is 11.3 Å². The normalized spacial score (nSPS) is 16.9. The van der Waals surface area contributed by atoms with Gasteiger partial charge in [0.2, 0.25) is 0 Å². The van der Waals surface area contributed by atoms with Gasteiger partial charge < -0.3 is 14.8 Å². The summed E-state index contributed by atoms with van der Waals surface area (Å²) in [6.45, 7) is 8.14. The van der Waals surface area contributed by atoms with Crippen molar-refractivity contribution in [3.8, 4) is 0 Å². The third kappa shape index (κ3) is 4.32. The maximum Gasteiger partial charge on any atom is 0.194 e. The minimum absolute atomic E-state index is 0. The molecular formula is C13H25IN6. The minimum Gasteiger partial charge on any atom is -0.349 e. The van der Waals surface area contributed by atoms with Gasteiger partial charge in [-0.3, -0.25) is 4.99 Å². The smallest absolute Gasteiger partial charge is 0.194 e. The number of likely N-dealkylation sites (tertiary alicyclic amines) is 1. The van der Waals surface area contributed by atoms with Crippen molar-refractivity contribution >= 4 is 29.9 Å². The van der Waals surface area contributed by atoms with E-state index in [0.717, 1.165) is 37.3 Å². The van der Waals surface area contributed by atoms with Crippen LogP contribution >= 0.6 is 24.0 Å². The summed E-state index contributed by atoms with van der Waals surface area (Å²) in [6.07, 6.45) is 4.25. The number of nitrogens with one attached hydrogen (secondary N) is 1. The number of guanidine groups is 1. The molecule has 1 aliphatic rings. The van der Waals surface area contributed by atoms with Gasteiger partial charge in [0.15, 0.2) is 11.8 Å². The Bertz CT molecular complexity index is 422. The van der Waals surface area contributed by atoms with E-state index < -0.39 is 0 Å². The van der Waals surface area contributed by atoms with Gasteiger partial charge in [0.05, 0.1) is 6.54 Å². The highest BCUT2D eigenvalue weighted by Crippen LogP contribution is 2.15. The van der Waals surface area contributed by atoms with E-state index >= 15 is 0 Å². The van der Waals surface area contributed by atoms with Crippen LogP contribution in [0.5, 0.6) is 0 Å². The number of aryl methyl sites for hydroxylation is 1. The van der Waals surface area contributed by atoms with Crippen LogP contribution in [0.3, 0.4) is 0 Å². The molecule has 0 aromatic carbocycles. The SMILES string of the molecule is CCn1cnnc1CNC(=NC)N1CCC(C)CC1.I. The Labute approximate surface area is 138 Å².